The van der Waals surface area contributed by atoms with Crippen LogP contribution in [-0.2, 0) is 4.79 Å². The second-order valence-corrected chi connectivity index (χ2v) is 2.68. The third-order valence-electron chi connectivity index (χ3n) is 1.41. The summed E-state index contributed by atoms with van der Waals surface area (Å²) in [4.78, 5) is 21.5. The van der Waals surface area contributed by atoms with Crippen LogP contribution in [0.1, 0.15) is 6.92 Å². The van der Waals surface area contributed by atoms with E-state index in [1.165, 1.54) is 31.2 Å². The zero-order valence-corrected chi connectivity index (χ0v) is 7.57. The van der Waals surface area contributed by atoms with Crippen molar-refractivity contribution in [3.05, 3.63) is 24.3 Å². The molecular formula is C9H10N2O3. The molecular weight excluding hydrogens is 184 g/mol. The van der Waals surface area contributed by atoms with Crippen molar-refractivity contribution in [2.24, 2.45) is 0 Å². The van der Waals surface area contributed by atoms with Crippen LogP contribution in [-0.4, -0.2) is 17.0 Å². The van der Waals surface area contributed by atoms with Crippen molar-refractivity contribution < 1.29 is 14.7 Å². The van der Waals surface area contributed by atoms with Gasteiger partial charge >= 0.3 is 6.03 Å². The minimum absolute atomic E-state index is 0.113. The van der Waals surface area contributed by atoms with E-state index in [4.69, 9.17) is 5.11 Å². The Kier molecular flexibility index (Phi) is 3.06. The molecule has 0 spiro atoms. The molecule has 1 aromatic carbocycles. The van der Waals surface area contributed by atoms with Gasteiger partial charge in [-0.3, -0.25) is 10.1 Å². The van der Waals surface area contributed by atoms with Crippen LogP contribution < -0.4 is 10.6 Å². The number of amides is 3. The van der Waals surface area contributed by atoms with Crippen LogP contribution in [0.25, 0.3) is 0 Å². The van der Waals surface area contributed by atoms with Crippen LogP contribution in [0.3, 0.4) is 0 Å². The van der Waals surface area contributed by atoms with Crippen molar-refractivity contribution in [3.8, 4) is 5.75 Å². The summed E-state index contributed by atoms with van der Waals surface area (Å²) < 4.78 is 0. The predicted octanol–water partition coefficient (Wildman–Crippen LogP) is 1.06. The van der Waals surface area contributed by atoms with Gasteiger partial charge in [-0.2, -0.15) is 0 Å². The zero-order valence-electron chi connectivity index (χ0n) is 7.57. The average Bonchev–Trinajstić information content (AvgIpc) is 2.07. The highest BCUT2D eigenvalue weighted by atomic mass is 16.3. The van der Waals surface area contributed by atoms with E-state index in [-0.39, 0.29) is 5.75 Å². The fourth-order valence-electron chi connectivity index (χ4n) is 0.867. The van der Waals surface area contributed by atoms with Gasteiger partial charge in [-0.25, -0.2) is 4.79 Å². The fraction of sp³-hybridized carbons (Fsp3) is 0.111. The maximum absolute atomic E-state index is 11.0. The standard InChI is InChI=1S/C9H10N2O3/c1-6(12)10-9(14)11-7-2-4-8(13)5-3-7/h2-5,13H,1H3,(H2,10,11,12,14). The summed E-state index contributed by atoms with van der Waals surface area (Å²) in [5.74, 6) is -0.316. The third kappa shape index (κ3) is 3.14. The third-order valence-corrected chi connectivity index (χ3v) is 1.41. The topological polar surface area (TPSA) is 78.4 Å². The maximum Gasteiger partial charge on any atom is 0.325 e. The minimum atomic E-state index is -0.594. The number of rotatable bonds is 1. The molecule has 1 aromatic rings. The summed E-state index contributed by atoms with van der Waals surface area (Å²) in [6.07, 6.45) is 0. The van der Waals surface area contributed by atoms with Gasteiger partial charge in [0.05, 0.1) is 0 Å². The number of nitrogens with one attached hydrogen (secondary N) is 2. The number of anilines is 1. The van der Waals surface area contributed by atoms with Gasteiger partial charge in [0.15, 0.2) is 0 Å². The second-order valence-electron chi connectivity index (χ2n) is 2.68. The van der Waals surface area contributed by atoms with E-state index < -0.39 is 11.9 Å². The van der Waals surface area contributed by atoms with Gasteiger partial charge in [0.2, 0.25) is 5.91 Å². The molecule has 0 aliphatic heterocycles. The number of urea groups is 1. The van der Waals surface area contributed by atoms with Crippen molar-refractivity contribution in [1.82, 2.24) is 5.32 Å². The molecule has 0 bridgehead atoms. The number of phenols is 1. The highest BCUT2D eigenvalue weighted by Crippen LogP contribution is 2.13. The molecule has 0 saturated carbocycles. The van der Waals surface area contributed by atoms with Gasteiger partial charge in [0.1, 0.15) is 5.75 Å². The molecule has 5 heteroatoms. The van der Waals surface area contributed by atoms with Gasteiger partial charge in [-0.1, -0.05) is 0 Å². The number of aromatic hydroxyl groups is 1. The number of benzene rings is 1. The molecule has 0 aromatic heterocycles. The first-order valence-electron chi connectivity index (χ1n) is 3.95. The number of imide groups is 1. The lowest BCUT2D eigenvalue weighted by atomic mass is 10.3. The highest BCUT2D eigenvalue weighted by molar-refractivity contribution is 6.00. The van der Waals surface area contributed by atoms with Gasteiger partial charge < -0.3 is 10.4 Å². The molecule has 0 radical (unpaired) electrons. The molecule has 0 unspecified atom stereocenters. The van der Waals surface area contributed by atoms with Gasteiger partial charge in [0, 0.05) is 12.6 Å². The molecule has 0 atom stereocenters. The fourth-order valence-corrected chi connectivity index (χ4v) is 0.867. The van der Waals surface area contributed by atoms with E-state index in [0.717, 1.165) is 0 Å². The monoisotopic (exact) mass is 194 g/mol. The Balaban J connectivity index is 2.56. The van der Waals surface area contributed by atoms with Crippen LogP contribution in [0.15, 0.2) is 24.3 Å². The van der Waals surface area contributed by atoms with Crippen LogP contribution in [0.2, 0.25) is 0 Å². The highest BCUT2D eigenvalue weighted by Gasteiger charge is 2.02. The lowest BCUT2D eigenvalue weighted by Gasteiger charge is -2.04. The lowest BCUT2D eigenvalue weighted by molar-refractivity contribution is -0.117. The summed E-state index contributed by atoms with van der Waals surface area (Å²) in [6, 6.07) is 5.32. The molecule has 0 heterocycles. The second kappa shape index (κ2) is 4.27. The summed E-state index contributed by atoms with van der Waals surface area (Å²) in [5, 5.41) is 13.4. The Morgan fingerprint density at radius 3 is 2.29 bits per heavy atom. The zero-order chi connectivity index (χ0) is 10.6. The van der Waals surface area contributed by atoms with Crippen molar-refractivity contribution in [1.29, 1.82) is 0 Å². The molecule has 14 heavy (non-hydrogen) atoms. The number of phenolic OH excluding ortho intramolecular Hbond substituents is 1. The van der Waals surface area contributed by atoms with Crippen LogP contribution in [0.5, 0.6) is 5.75 Å². The molecule has 3 N–H and O–H groups in total. The lowest BCUT2D eigenvalue weighted by Crippen LogP contribution is -2.32. The molecule has 0 fully saturated rings. The van der Waals surface area contributed by atoms with Crippen molar-refractivity contribution >= 4 is 17.6 Å². The smallest absolute Gasteiger partial charge is 0.325 e. The predicted molar refractivity (Wildman–Crippen MR) is 50.9 cm³/mol. The van der Waals surface area contributed by atoms with Crippen molar-refractivity contribution in [3.63, 3.8) is 0 Å². The molecule has 74 valence electrons. The Labute approximate surface area is 80.7 Å². The van der Waals surface area contributed by atoms with E-state index in [2.05, 4.69) is 10.6 Å². The van der Waals surface area contributed by atoms with E-state index in [9.17, 15) is 9.59 Å². The first kappa shape index (κ1) is 10.0. The number of carbonyl (C=O) groups excluding carboxylic acids is 2. The van der Waals surface area contributed by atoms with Crippen molar-refractivity contribution in [2.75, 3.05) is 5.32 Å². The molecule has 5 nitrogen and oxygen atoms in total. The minimum Gasteiger partial charge on any atom is -0.508 e. The Morgan fingerprint density at radius 1 is 1.21 bits per heavy atom. The van der Waals surface area contributed by atoms with E-state index in [1.807, 2.05) is 0 Å². The van der Waals surface area contributed by atoms with E-state index in [0.29, 0.717) is 5.69 Å². The largest absolute Gasteiger partial charge is 0.508 e. The van der Waals surface area contributed by atoms with Crippen LogP contribution in [0.4, 0.5) is 10.5 Å². The Hall–Kier alpha value is -2.04. The first-order chi connectivity index (χ1) is 6.58. The summed E-state index contributed by atoms with van der Waals surface area (Å²) in [5.41, 5.74) is 0.501. The molecule has 0 saturated heterocycles. The normalized spacial score (nSPS) is 9.21. The maximum atomic E-state index is 11.0. The van der Waals surface area contributed by atoms with Gasteiger partial charge in [-0.15, -0.1) is 0 Å². The number of hydrogen-bond acceptors (Lipinski definition) is 3. The SMILES string of the molecule is CC(=O)NC(=O)Nc1ccc(O)cc1. The average molecular weight is 194 g/mol. The van der Waals surface area contributed by atoms with Crippen molar-refractivity contribution in [2.45, 2.75) is 6.92 Å². The van der Waals surface area contributed by atoms with Crippen LogP contribution >= 0.6 is 0 Å². The van der Waals surface area contributed by atoms with Crippen LogP contribution in [0, 0.1) is 0 Å². The molecule has 1 rings (SSSR count). The quantitative estimate of drug-likeness (QED) is 0.585. The molecule has 3 amide bonds. The Morgan fingerprint density at radius 2 is 1.79 bits per heavy atom. The molecule has 0 aliphatic carbocycles. The molecule has 0 aliphatic rings. The summed E-state index contributed by atoms with van der Waals surface area (Å²) in [6.45, 7) is 1.25. The van der Waals surface area contributed by atoms with Gasteiger partial charge in [-0.05, 0) is 24.3 Å². The van der Waals surface area contributed by atoms with E-state index >= 15 is 0 Å². The first-order valence-corrected chi connectivity index (χ1v) is 3.95. The summed E-state index contributed by atoms with van der Waals surface area (Å²) >= 11 is 0. The number of hydrogen-bond donors (Lipinski definition) is 3. The Bertz CT molecular complexity index is 346. The van der Waals surface area contributed by atoms with Gasteiger partial charge in [0.25, 0.3) is 0 Å². The number of carbonyl (C=O) groups is 2. The van der Waals surface area contributed by atoms with E-state index in [1.54, 1.807) is 0 Å². The summed E-state index contributed by atoms with van der Waals surface area (Å²) in [7, 11) is 0.